The molecule has 1 unspecified atom stereocenters. The Morgan fingerprint density at radius 1 is 1.64 bits per heavy atom. The van der Waals surface area contributed by atoms with E-state index in [2.05, 4.69) is 5.92 Å². The van der Waals surface area contributed by atoms with Gasteiger partial charge in [0.2, 0.25) is 0 Å². The fourth-order valence-corrected chi connectivity index (χ4v) is 4.52. The predicted molar refractivity (Wildman–Crippen MR) is 61.0 cm³/mol. The molecule has 80 valence electrons. The normalized spacial score (nSPS) is 24.4. The van der Waals surface area contributed by atoms with Gasteiger partial charge in [-0.05, 0) is 0 Å². The highest BCUT2D eigenvalue weighted by molar-refractivity contribution is 8.01. The third-order valence-corrected chi connectivity index (χ3v) is 5.63. The van der Waals surface area contributed by atoms with Crippen LogP contribution in [0.5, 0.6) is 0 Å². The van der Waals surface area contributed by atoms with Crippen molar-refractivity contribution in [2.75, 3.05) is 30.3 Å². The maximum atomic E-state index is 11.7. The largest absolute Gasteiger partial charge is 0.274 e. The molecule has 1 rings (SSSR count). The van der Waals surface area contributed by atoms with E-state index in [4.69, 9.17) is 6.42 Å². The highest BCUT2D eigenvalue weighted by Crippen LogP contribution is 2.20. The molecule has 0 spiro atoms. The highest BCUT2D eigenvalue weighted by Gasteiger charge is 2.31. The van der Waals surface area contributed by atoms with Crippen molar-refractivity contribution in [2.45, 2.75) is 12.3 Å². The minimum absolute atomic E-state index is 0.194. The molecule has 0 bridgehead atoms. The molecule has 0 saturated carbocycles. The number of nitrogens with zero attached hydrogens (tertiary/aromatic N) is 1. The Bertz CT molecular complexity index is 318. The van der Waals surface area contributed by atoms with Gasteiger partial charge in [-0.1, -0.05) is 12.8 Å². The lowest BCUT2D eigenvalue weighted by atomic mass is 10.5. The molecule has 14 heavy (non-hydrogen) atoms. The van der Waals surface area contributed by atoms with Crippen LogP contribution in [0.25, 0.3) is 0 Å². The predicted octanol–water partition coefficient (Wildman–Crippen LogP) is 0.429. The smallest absolute Gasteiger partial charge is 0.166 e. The van der Waals surface area contributed by atoms with E-state index in [1.807, 2.05) is 4.90 Å². The third kappa shape index (κ3) is 2.66. The minimum Gasteiger partial charge on any atom is -0.274 e. The Balaban J connectivity index is 2.78. The molecule has 1 heterocycles. The number of hydrogen-bond donors (Lipinski definition) is 0. The van der Waals surface area contributed by atoms with E-state index in [9.17, 15) is 8.42 Å². The lowest BCUT2D eigenvalue weighted by Gasteiger charge is -2.33. The number of hydrogen-bond acceptors (Lipinski definition) is 4. The Morgan fingerprint density at radius 2 is 2.36 bits per heavy atom. The zero-order valence-corrected chi connectivity index (χ0v) is 9.90. The van der Waals surface area contributed by atoms with Crippen molar-refractivity contribution in [3.8, 4) is 12.3 Å². The lowest BCUT2D eigenvalue weighted by Crippen LogP contribution is -2.47. The van der Waals surface area contributed by atoms with Gasteiger partial charge in [0.05, 0.1) is 6.54 Å². The molecule has 1 fully saturated rings. The topological polar surface area (TPSA) is 37.4 Å². The summed E-state index contributed by atoms with van der Waals surface area (Å²) < 4.78 is 23.4. The lowest BCUT2D eigenvalue weighted by molar-refractivity contribution is 0.303. The molecular weight excluding hydrogens is 218 g/mol. The summed E-state index contributed by atoms with van der Waals surface area (Å²) >= 11 is 1.69. The summed E-state index contributed by atoms with van der Waals surface area (Å²) in [6.07, 6.45) is 5.21. The van der Waals surface area contributed by atoms with Crippen LogP contribution in [-0.2, 0) is 9.84 Å². The van der Waals surface area contributed by atoms with Gasteiger partial charge in [0.1, 0.15) is 5.37 Å². The van der Waals surface area contributed by atoms with Gasteiger partial charge in [-0.25, -0.2) is 8.42 Å². The summed E-state index contributed by atoms with van der Waals surface area (Å²) in [4.78, 5) is 1.88. The van der Waals surface area contributed by atoms with Crippen molar-refractivity contribution >= 4 is 21.6 Å². The van der Waals surface area contributed by atoms with E-state index < -0.39 is 9.84 Å². The van der Waals surface area contributed by atoms with Gasteiger partial charge >= 0.3 is 0 Å². The Kier molecular flexibility index (Phi) is 4.30. The molecule has 0 aliphatic carbocycles. The van der Waals surface area contributed by atoms with Crippen LogP contribution in [0.2, 0.25) is 0 Å². The zero-order chi connectivity index (χ0) is 10.6. The summed E-state index contributed by atoms with van der Waals surface area (Å²) in [6, 6.07) is 0. The van der Waals surface area contributed by atoms with E-state index in [1.54, 1.807) is 18.7 Å². The van der Waals surface area contributed by atoms with Crippen molar-refractivity contribution in [3.05, 3.63) is 0 Å². The first-order chi connectivity index (χ1) is 6.61. The van der Waals surface area contributed by atoms with E-state index in [-0.39, 0.29) is 11.1 Å². The summed E-state index contributed by atoms with van der Waals surface area (Å²) in [6.45, 7) is 2.89. The first-order valence-corrected chi connectivity index (χ1v) is 7.45. The van der Waals surface area contributed by atoms with Crippen molar-refractivity contribution < 1.29 is 8.42 Å². The molecule has 1 saturated heterocycles. The molecular formula is C9H15NO2S2. The molecule has 0 aromatic rings. The molecule has 0 aromatic carbocycles. The second kappa shape index (κ2) is 5.06. The van der Waals surface area contributed by atoms with Crippen molar-refractivity contribution in [1.29, 1.82) is 0 Å². The van der Waals surface area contributed by atoms with E-state index in [1.165, 1.54) is 0 Å². The zero-order valence-electron chi connectivity index (χ0n) is 8.27. The van der Waals surface area contributed by atoms with Gasteiger partial charge < -0.3 is 0 Å². The second-order valence-corrected chi connectivity index (χ2v) is 6.75. The van der Waals surface area contributed by atoms with Crippen LogP contribution < -0.4 is 0 Å². The van der Waals surface area contributed by atoms with Crippen LogP contribution in [0.3, 0.4) is 0 Å². The quantitative estimate of drug-likeness (QED) is 0.663. The van der Waals surface area contributed by atoms with Crippen LogP contribution in [0, 0.1) is 12.3 Å². The van der Waals surface area contributed by atoms with Crippen molar-refractivity contribution in [2.24, 2.45) is 0 Å². The molecule has 0 N–H and O–H groups in total. The van der Waals surface area contributed by atoms with Crippen LogP contribution in [0.15, 0.2) is 0 Å². The SMILES string of the molecule is C#CCN1CCSCC1S(=O)(=O)CC. The summed E-state index contributed by atoms with van der Waals surface area (Å²) in [7, 11) is -2.98. The molecule has 3 nitrogen and oxygen atoms in total. The van der Waals surface area contributed by atoms with Gasteiger partial charge in [0.15, 0.2) is 9.84 Å². The Hall–Kier alpha value is -0.180. The molecule has 0 radical (unpaired) electrons. The molecule has 1 aliphatic heterocycles. The highest BCUT2D eigenvalue weighted by atomic mass is 32.2. The van der Waals surface area contributed by atoms with Crippen molar-refractivity contribution in [3.63, 3.8) is 0 Å². The summed E-state index contributed by atoms with van der Waals surface area (Å²) in [5.74, 6) is 4.33. The number of thioether (sulfide) groups is 1. The van der Waals surface area contributed by atoms with E-state index in [0.29, 0.717) is 12.3 Å². The molecule has 1 atom stereocenters. The number of terminal acetylenes is 1. The maximum absolute atomic E-state index is 11.7. The summed E-state index contributed by atoms with van der Waals surface area (Å²) in [5, 5.41) is -0.373. The summed E-state index contributed by atoms with van der Waals surface area (Å²) in [5.41, 5.74) is 0. The fraction of sp³-hybridized carbons (Fsp3) is 0.778. The molecule has 1 aliphatic rings. The first-order valence-electron chi connectivity index (χ1n) is 4.58. The van der Waals surface area contributed by atoms with Crippen molar-refractivity contribution in [1.82, 2.24) is 4.90 Å². The van der Waals surface area contributed by atoms with Crippen LogP contribution in [-0.4, -0.2) is 49.0 Å². The fourth-order valence-electron chi connectivity index (χ4n) is 1.44. The molecule has 5 heteroatoms. The van der Waals surface area contributed by atoms with Crippen LogP contribution in [0.4, 0.5) is 0 Å². The average molecular weight is 233 g/mol. The minimum atomic E-state index is -2.98. The number of sulfone groups is 1. The molecule has 0 amide bonds. The van der Waals surface area contributed by atoms with Crippen LogP contribution >= 0.6 is 11.8 Å². The van der Waals surface area contributed by atoms with E-state index >= 15 is 0 Å². The standard InChI is InChI=1S/C9H15NO2S2/c1-3-5-10-6-7-13-8-9(10)14(11,12)4-2/h1,9H,4-8H2,2H3. The van der Waals surface area contributed by atoms with Gasteiger partial charge in [0.25, 0.3) is 0 Å². The average Bonchev–Trinajstić information content (AvgIpc) is 2.19. The maximum Gasteiger partial charge on any atom is 0.166 e. The van der Waals surface area contributed by atoms with Gasteiger partial charge in [-0.3, -0.25) is 4.90 Å². The molecule has 0 aromatic heterocycles. The van der Waals surface area contributed by atoms with Gasteiger partial charge in [-0.2, -0.15) is 11.8 Å². The first kappa shape index (κ1) is 11.9. The monoisotopic (exact) mass is 233 g/mol. The van der Waals surface area contributed by atoms with E-state index in [0.717, 1.165) is 12.3 Å². The third-order valence-electron chi connectivity index (χ3n) is 2.30. The Labute approximate surface area is 90.2 Å². The van der Waals surface area contributed by atoms with Gasteiger partial charge in [-0.15, -0.1) is 6.42 Å². The Morgan fingerprint density at radius 3 is 2.93 bits per heavy atom. The second-order valence-electron chi connectivity index (χ2n) is 3.16. The number of rotatable bonds is 3. The van der Waals surface area contributed by atoms with Crippen LogP contribution in [0.1, 0.15) is 6.92 Å². The van der Waals surface area contributed by atoms with Gasteiger partial charge in [0, 0.05) is 23.8 Å².